The summed E-state index contributed by atoms with van der Waals surface area (Å²) in [4.78, 5) is 35.9. The molecule has 0 N–H and O–H groups in total. The van der Waals surface area contributed by atoms with E-state index < -0.39 is 17.1 Å². The summed E-state index contributed by atoms with van der Waals surface area (Å²) in [5.74, 6) is 0. The zero-order valence-electron chi connectivity index (χ0n) is 10.9. The number of aromatic nitrogens is 3. The fourth-order valence-electron chi connectivity index (χ4n) is 1.73. The van der Waals surface area contributed by atoms with E-state index in [-0.39, 0.29) is 0 Å². The first-order chi connectivity index (χ1) is 8.58. The largest absolute Gasteiger partial charge is 0.340 e. The first-order valence-corrected chi connectivity index (χ1v) is 6.17. The van der Waals surface area contributed by atoms with Gasteiger partial charge in [-0.25, -0.2) is 28.1 Å². The van der Waals surface area contributed by atoms with Gasteiger partial charge in [0.1, 0.15) is 0 Å². The Bertz CT molecular complexity index is 592. The van der Waals surface area contributed by atoms with Crippen molar-refractivity contribution < 1.29 is 0 Å². The van der Waals surface area contributed by atoms with E-state index in [0.29, 0.717) is 19.5 Å². The highest BCUT2D eigenvalue weighted by molar-refractivity contribution is 5.13. The highest BCUT2D eigenvalue weighted by Crippen LogP contribution is 1.88. The molecule has 6 heteroatoms. The minimum Gasteiger partial charge on any atom is -0.247 e. The first kappa shape index (κ1) is 14.2. The molecule has 1 rings (SSSR count). The van der Waals surface area contributed by atoms with Crippen LogP contribution in [0, 0.1) is 0 Å². The normalized spacial score (nSPS) is 10.6. The van der Waals surface area contributed by atoms with Gasteiger partial charge < -0.3 is 0 Å². The summed E-state index contributed by atoms with van der Waals surface area (Å²) in [5.41, 5.74) is -1.76. The van der Waals surface area contributed by atoms with Gasteiger partial charge in [0.2, 0.25) is 0 Å². The Hall–Kier alpha value is -1.85. The van der Waals surface area contributed by atoms with Gasteiger partial charge in [0.15, 0.2) is 0 Å². The molecule has 1 heterocycles. The fourth-order valence-corrected chi connectivity index (χ4v) is 1.73. The molecular formula is C12H19N3O3. The molecule has 0 aliphatic carbocycles. The molecule has 0 aromatic carbocycles. The van der Waals surface area contributed by atoms with E-state index in [1.165, 1.54) is 0 Å². The summed E-state index contributed by atoms with van der Waals surface area (Å²) in [6, 6.07) is 0. The third-order valence-electron chi connectivity index (χ3n) is 2.70. The lowest BCUT2D eigenvalue weighted by atomic mass is 10.3. The Morgan fingerprint density at radius 1 is 0.944 bits per heavy atom. The Labute approximate surface area is 105 Å². The van der Waals surface area contributed by atoms with Crippen molar-refractivity contribution in [2.75, 3.05) is 0 Å². The monoisotopic (exact) mass is 253 g/mol. The van der Waals surface area contributed by atoms with Crippen molar-refractivity contribution in [3.8, 4) is 0 Å². The molecule has 0 aliphatic rings. The van der Waals surface area contributed by atoms with Crippen LogP contribution in [-0.2, 0) is 13.1 Å². The predicted octanol–water partition coefficient (Wildman–Crippen LogP) is 0.482. The summed E-state index contributed by atoms with van der Waals surface area (Å²) in [7, 11) is 0. The molecule has 0 aliphatic heterocycles. The van der Waals surface area contributed by atoms with Crippen LogP contribution in [0.2, 0.25) is 0 Å². The van der Waals surface area contributed by atoms with Gasteiger partial charge in [0.25, 0.3) is 0 Å². The summed E-state index contributed by atoms with van der Waals surface area (Å²) >= 11 is 0. The Morgan fingerprint density at radius 2 is 1.50 bits per heavy atom. The predicted molar refractivity (Wildman–Crippen MR) is 70.8 cm³/mol. The maximum absolute atomic E-state index is 12.1. The van der Waals surface area contributed by atoms with Crippen molar-refractivity contribution in [1.82, 2.24) is 13.7 Å². The molecule has 100 valence electrons. The third kappa shape index (κ3) is 2.52. The van der Waals surface area contributed by atoms with E-state index in [1.54, 1.807) is 0 Å². The lowest BCUT2D eigenvalue weighted by molar-refractivity contribution is 0.477. The van der Waals surface area contributed by atoms with Crippen molar-refractivity contribution in [3.63, 3.8) is 0 Å². The molecule has 0 unspecified atom stereocenters. The van der Waals surface area contributed by atoms with Crippen LogP contribution in [0.3, 0.4) is 0 Å². The maximum Gasteiger partial charge on any atom is 0.340 e. The molecule has 0 saturated carbocycles. The summed E-state index contributed by atoms with van der Waals surface area (Å²) in [6.45, 7) is 7.91. The molecule has 0 atom stereocenters. The van der Waals surface area contributed by atoms with Crippen LogP contribution in [0.4, 0.5) is 0 Å². The highest BCUT2D eigenvalue weighted by atomic mass is 16.2. The molecule has 0 amide bonds. The molecule has 0 fully saturated rings. The standard InChI is InChI=1S/C12H19N3O3/c1-4-7-9-15-11(17)13(6-3)10(16)14(8-5-2)12(15)18/h6H,3-5,7-9H2,1-2H3. The van der Waals surface area contributed by atoms with Gasteiger partial charge in [-0.05, 0) is 12.8 Å². The minimum absolute atomic E-state index is 0.303. The summed E-state index contributed by atoms with van der Waals surface area (Å²) < 4.78 is 3.06. The average molecular weight is 253 g/mol. The summed E-state index contributed by atoms with van der Waals surface area (Å²) in [6.07, 6.45) is 3.39. The topological polar surface area (TPSA) is 66.0 Å². The van der Waals surface area contributed by atoms with Crippen molar-refractivity contribution >= 4 is 6.20 Å². The molecule has 0 spiro atoms. The quantitative estimate of drug-likeness (QED) is 0.740. The van der Waals surface area contributed by atoms with Crippen molar-refractivity contribution in [2.24, 2.45) is 0 Å². The number of unbranched alkanes of at least 4 members (excludes halogenated alkanes) is 1. The second kappa shape index (κ2) is 6.18. The summed E-state index contributed by atoms with van der Waals surface area (Å²) in [5, 5.41) is 0. The van der Waals surface area contributed by atoms with E-state index >= 15 is 0 Å². The number of hydrogen-bond acceptors (Lipinski definition) is 3. The average Bonchev–Trinajstić information content (AvgIpc) is 2.35. The zero-order chi connectivity index (χ0) is 13.7. The Morgan fingerprint density at radius 3 is 1.94 bits per heavy atom. The van der Waals surface area contributed by atoms with Gasteiger partial charge >= 0.3 is 17.1 Å². The van der Waals surface area contributed by atoms with E-state index in [9.17, 15) is 14.4 Å². The molecule has 1 aromatic rings. The van der Waals surface area contributed by atoms with Crippen molar-refractivity contribution in [1.29, 1.82) is 0 Å². The van der Waals surface area contributed by atoms with Gasteiger partial charge in [-0.15, -0.1) is 0 Å². The zero-order valence-corrected chi connectivity index (χ0v) is 10.9. The number of hydrogen-bond donors (Lipinski definition) is 0. The molecule has 0 bridgehead atoms. The maximum atomic E-state index is 12.1. The lowest BCUT2D eigenvalue weighted by Crippen LogP contribution is -2.53. The van der Waals surface area contributed by atoms with E-state index in [2.05, 4.69) is 6.58 Å². The second-order valence-electron chi connectivity index (χ2n) is 4.06. The SMILES string of the molecule is C=Cn1c(=O)n(CCC)c(=O)n(CCCC)c1=O. The van der Waals surface area contributed by atoms with Crippen LogP contribution < -0.4 is 17.1 Å². The van der Waals surface area contributed by atoms with Crippen LogP contribution >= 0.6 is 0 Å². The van der Waals surface area contributed by atoms with Crippen LogP contribution in [0.25, 0.3) is 6.20 Å². The van der Waals surface area contributed by atoms with E-state index in [4.69, 9.17) is 0 Å². The molecule has 0 radical (unpaired) electrons. The molecule has 0 saturated heterocycles. The third-order valence-corrected chi connectivity index (χ3v) is 2.70. The van der Waals surface area contributed by atoms with Crippen LogP contribution in [0.1, 0.15) is 33.1 Å². The van der Waals surface area contributed by atoms with Gasteiger partial charge in [-0.2, -0.15) is 0 Å². The smallest absolute Gasteiger partial charge is 0.247 e. The minimum atomic E-state index is -0.616. The fraction of sp³-hybridized carbons (Fsp3) is 0.583. The van der Waals surface area contributed by atoms with Crippen molar-refractivity contribution in [2.45, 2.75) is 46.2 Å². The van der Waals surface area contributed by atoms with Crippen LogP contribution in [0.5, 0.6) is 0 Å². The molecule has 18 heavy (non-hydrogen) atoms. The lowest BCUT2D eigenvalue weighted by Gasteiger charge is -2.10. The second-order valence-corrected chi connectivity index (χ2v) is 4.06. The first-order valence-electron chi connectivity index (χ1n) is 6.17. The Kier molecular flexibility index (Phi) is 4.88. The van der Waals surface area contributed by atoms with Crippen molar-refractivity contribution in [3.05, 3.63) is 38.0 Å². The number of nitrogens with zero attached hydrogens (tertiary/aromatic N) is 3. The van der Waals surface area contributed by atoms with Gasteiger partial charge in [-0.1, -0.05) is 26.8 Å². The van der Waals surface area contributed by atoms with Gasteiger partial charge in [-0.3, -0.25) is 0 Å². The van der Waals surface area contributed by atoms with Gasteiger partial charge in [0.05, 0.1) is 0 Å². The molecule has 6 nitrogen and oxygen atoms in total. The van der Waals surface area contributed by atoms with Crippen LogP contribution in [0.15, 0.2) is 21.0 Å². The van der Waals surface area contributed by atoms with Gasteiger partial charge in [0, 0.05) is 19.3 Å². The number of rotatable bonds is 6. The van der Waals surface area contributed by atoms with Crippen LogP contribution in [-0.4, -0.2) is 13.7 Å². The Balaban J connectivity index is 3.56. The molecular weight excluding hydrogens is 234 g/mol. The van der Waals surface area contributed by atoms with E-state index in [1.807, 2.05) is 13.8 Å². The van der Waals surface area contributed by atoms with E-state index in [0.717, 1.165) is 32.7 Å². The highest BCUT2D eigenvalue weighted by Gasteiger charge is 2.12. The molecule has 1 aromatic heterocycles.